The predicted octanol–water partition coefficient (Wildman–Crippen LogP) is 3.68. The van der Waals surface area contributed by atoms with Crippen LogP contribution in [0.25, 0.3) is 10.9 Å². The summed E-state index contributed by atoms with van der Waals surface area (Å²) in [7, 11) is -3.69. The lowest BCUT2D eigenvalue weighted by molar-refractivity contribution is 0.582. The number of pyridine rings is 1. The highest BCUT2D eigenvalue weighted by Gasteiger charge is 2.18. The van der Waals surface area contributed by atoms with Gasteiger partial charge in [0.15, 0.2) is 0 Å². The van der Waals surface area contributed by atoms with E-state index in [2.05, 4.69) is 9.71 Å². The fraction of sp³-hybridized carbons (Fsp3) is 0.118. The Morgan fingerprint density at radius 2 is 1.83 bits per heavy atom. The highest BCUT2D eigenvalue weighted by Crippen LogP contribution is 2.23. The average molecular weight is 347 g/mol. The zero-order chi connectivity index (χ0) is 16.4. The molecule has 0 atom stereocenters. The van der Waals surface area contributed by atoms with Crippen LogP contribution in [0.4, 0.5) is 0 Å². The molecule has 23 heavy (non-hydrogen) atoms. The molecule has 0 aliphatic heterocycles. The Balaban J connectivity index is 1.96. The Labute approximate surface area is 140 Å². The lowest BCUT2D eigenvalue weighted by atomic mass is 10.1. The second-order valence-electron chi connectivity index (χ2n) is 5.19. The second kappa shape index (κ2) is 6.28. The molecule has 0 aliphatic rings. The van der Waals surface area contributed by atoms with Gasteiger partial charge in [0.2, 0.25) is 10.0 Å². The van der Waals surface area contributed by atoms with E-state index in [9.17, 15) is 8.42 Å². The molecule has 0 fully saturated rings. The first kappa shape index (κ1) is 15.9. The fourth-order valence-corrected chi connectivity index (χ4v) is 3.89. The predicted molar refractivity (Wildman–Crippen MR) is 92.0 cm³/mol. The van der Waals surface area contributed by atoms with Gasteiger partial charge in [-0.25, -0.2) is 13.1 Å². The van der Waals surface area contributed by atoms with Gasteiger partial charge in [0.1, 0.15) is 4.90 Å². The molecule has 4 nitrogen and oxygen atoms in total. The summed E-state index contributed by atoms with van der Waals surface area (Å²) in [6, 6.07) is 14.2. The van der Waals surface area contributed by atoms with Crippen molar-refractivity contribution in [2.24, 2.45) is 0 Å². The molecule has 1 N–H and O–H groups in total. The summed E-state index contributed by atoms with van der Waals surface area (Å²) in [5, 5.41) is 1.33. The summed E-state index contributed by atoms with van der Waals surface area (Å²) in [4.78, 5) is 4.36. The van der Waals surface area contributed by atoms with E-state index >= 15 is 0 Å². The number of hydrogen-bond acceptors (Lipinski definition) is 3. The highest BCUT2D eigenvalue weighted by atomic mass is 35.5. The smallest absolute Gasteiger partial charge is 0.243 e. The standard InChI is InChI=1S/C17H15ClN2O2S/c1-12-5-2-8-15(18)14(12)11-20-23(21,22)16-9-3-6-13-7-4-10-19-17(13)16/h2-10,20H,11H2,1H3. The van der Waals surface area contributed by atoms with Crippen LogP contribution in [0.5, 0.6) is 0 Å². The van der Waals surface area contributed by atoms with Crippen molar-refractivity contribution in [3.05, 3.63) is 70.9 Å². The largest absolute Gasteiger partial charge is 0.255 e. The molecule has 1 heterocycles. The van der Waals surface area contributed by atoms with Crippen molar-refractivity contribution in [1.29, 1.82) is 0 Å². The minimum atomic E-state index is -3.69. The number of halogens is 1. The van der Waals surface area contributed by atoms with Crippen molar-refractivity contribution in [3.8, 4) is 0 Å². The van der Waals surface area contributed by atoms with Gasteiger partial charge in [0, 0.05) is 23.2 Å². The van der Waals surface area contributed by atoms with E-state index in [4.69, 9.17) is 11.6 Å². The Kier molecular flexibility index (Phi) is 4.35. The average Bonchev–Trinajstić information content (AvgIpc) is 2.54. The summed E-state index contributed by atoms with van der Waals surface area (Å²) < 4.78 is 27.9. The third-order valence-electron chi connectivity index (χ3n) is 3.68. The van der Waals surface area contributed by atoms with E-state index < -0.39 is 10.0 Å². The number of benzene rings is 2. The van der Waals surface area contributed by atoms with Crippen LogP contribution in [0.15, 0.2) is 59.6 Å². The maximum absolute atomic E-state index is 12.6. The minimum Gasteiger partial charge on any atom is -0.255 e. The zero-order valence-electron chi connectivity index (χ0n) is 12.5. The quantitative estimate of drug-likeness (QED) is 0.784. The molecule has 0 spiro atoms. The third kappa shape index (κ3) is 3.22. The first-order valence-corrected chi connectivity index (χ1v) is 8.92. The van der Waals surface area contributed by atoms with Crippen LogP contribution >= 0.6 is 11.6 Å². The number of fused-ring (bicyclic) bond motifs is 1. The summed E-state index contributed by atoms with van der Waals surface area (Å²) in [5.41, 5.74) is 2.17. The molecule has 6 heteroatoms. The minimum absolute atomic E-state index is 0.136. The highest BCUT2D eigenvalue weighted by molar-refractivity contribution is 7.89. The number of aryl methyl sites for hydroxylation is 1. The monoisotopic (exact) mass is 346 g/mol. The van der Waals surface area contributed by atoms with Crippen LogP contribution in [-0.2, 0) is 16.6 Å². The van der Waals surface area contributed by atoms with Crippen LogP contribution in [0, 0.1) is 6.92 Å². The van der Waals surface area contributed by atoms with Crippen molar-refractivity contribution in [1.82, 2.24) is 9.71 Å². The van der Waals surface area contributed by atoms with E-state index in [-0.39, 0.29) is 11.4 Å². The SMILES string of the molecule is Cc1cccc(Cl)c1CNS(=O)(=O)c1cccc2cccnc12. The number of aromatic nitrogens is 1. The van der Waals surface area contributed by atoms with Crippen molar-refractivity contribution < 1.29 is 8.42 Å². The van der Waals surface area contributed by atoms with Gasteiger partial charge in [-0.15, -0.1) is 0 Å². The normalized spacial score (nSPS) is 11.7. The molecule has 0 amide bonds. The van der Waals surface area contributed by atoms with E-state index in [1.807, 2.05) is 31.2 Å². The molecular weight excluding hydrogens is 332 g/mol. The first-order chi connectivity index (χ1) is 11.0. The van der Waals surface area contributed by atoms with Gasteiger partial charge in [-0.2, -0.15) is 0 Å². The van der Waals surface area contributed by atoms with E-state index in [0.29, 0.717) is 10.5 Å². The molecule has 3 rings (SSSR count). The number of para-hydroxylation sites is 1. The van der Waals surface area contributed by atoms with E-state index in [0.717, 1.165) is 16.5 Å². The van der Waals surface area contributed by atoms with Gasteiger partial charge < -0.3 is 0 Å². The molecule has 0 saturated carbocycles. The molecule has 0 bridgehead atoms. The Morgan fingerprint density at radius 1 is 1.09 bits per heavy atom. The molecule has 1 aromatic heterocycles. The maximum atomic E-state index is 12.6. The Morgan fingerprint density at radius 3 is 2.61 bits per heavy atom. The second-order valence-corrected chi connectivity index (χ2v) is 7.33. The molecule has 0 aliphatic carbocycles. The van der Waals surface area contributed by atoms with E-state index in [1.165, 1.54) is 0 Å². The van der Waals surface area contributed by atoms with Crippen LogP contribution in [0.3, 0.4) is 0 Å². The Bertz CT molecular complexity index is 946. The number of sulfonamides is 1. The van der Waals surface area contributed by atoms with Gasteiger partial charge >= 0.3 is 0 Å². The van der Waals surface area contributed by atoms with Crippen molar-refractivity contribution in [2.75, 3.05) is 0 Å². The summed E-state index contributed by atoms with van der Waals surface area (Å²) >= 11 is 6.15. The van der Waals surface area contributed by atoms with Crippen LogP contribution < -0.4 is 4.72 Å². The Hall–Kier alpha value is -1.95. The molecule has 0 unspecified atom stereocenters. The van der Waals surface area contributed by atoms with E-state index in [1.54, 1.807) is 30.5 Å². The fourth-order valence-electron chi connectivity index (χ4n) is 2.43. The summed E-state index contributed by atoms with van der Waals surface area (Å²) in [5.74, 6) is 0. The maximum Gasteiger partial charge on any atom is 0.243 e. The third-order valence-corrected chi connectivity index (χ3v) is 5.46. The van der Waals surface area contributed by atoms with Crippen molar-refractivity contribution in [3.63, 3.8) is 0 Å². The van der Waals surface area contributed by atoms with Crippen LogP contribution in [0.1, 0.15) is 11.1 Å². The van der Waals surface area contributed by atoms with Crippen molar-refractivity contribution in [2.45, 2.75) is 18.4 Å². The van der Waals surface area contributed by atoms with Gasteiger partial charge in [0.05, 0.1) is 5.52 Å². The zero-order valence-corrected chi connectivity index (χ0v) is 14.0. The lowest BCUT2D eigenvalue weighted by Crippen LogP contribution is -2.24. The van der Waals surface area contributed by atoms with Crippen molar-refractivity contribution >= 4 is 32.5 Å². The number of nitrogens with zero attached hydrogens (tertiary/aromatic N) is 1. The van der Waals surface area contributed by atoms with Gasteiger partial charge in [-0.05, 0) is 36.2 Å². The van der Waals surface area contributed by atoms with Gasteiger partial charge in [-0.1, -0.05) is 41.9 Å². The topological polar surface area (TPSA) is 59.1 Å². The molecular formula is C17H15ClN2O2S. The molecule has 2 aromatic carbocycles. The molecule has 118 valence electrons. The van der Waals surface area contributed by atoms with Crippen LogP contribution in [-0.4, -0.2) is 13.4 Å². The number of nitrogens with one attached hydrogen (secondary N) is 1. The number of hydrogen-bond donors (Lipinski definition) is 1. The first-order valence-electron chi connectivity index (χ1n) is 7.06. The lowest BCUT2D eigenvalue weighted by Gasteiger charge is -2.11. The van der Waals surface area contributed by atoms with Gasteiger partial charge in [-0.3, -0.25) is 4.98 Å². The summed E-state index contributed by atoms with van der Waals surface area (Å²) in [6.07, 6.45) is 1.58. The molecule has 3 aromatic rings. The molecule has 0 saturated heterocycles. The van der Waals surface area contributed by atoms with Gasteiger partial charge in [0.25, 0.3) is 0 Å². The summed E-state index contributed by atoms with van der Waals surface area (Å²) in [6.45, 7) is 2.03. The number of rotatable bonds is 4. The van der Waals surface area contributed by atoms with Crippen LogP contribution in [0.2, 0.25) is 5.02 Å². The molecule has 0 radical (unpaired) electrons.